The molecule has 0 radical (unpaired) electrons. The second-order valence-corrected chi connectivity index (χ2v) is 8.41. The lowest BCUT2D eigenvalue weighted by Crippen LogP contribution is -2.45. The molecule has 2 atom stereocenters. The molecule has 1 aliphatic heterocycles. The number of nitrogens with one attached hydrogen (secondary N) is 2. The molecule has 0 aromatic heterocycles. The van der Waals surface area contributed by atoms with Crippen LogP contribution in [0.3, 0.4) is 0 Å². The molecule has 25 heavy (non-hydrogen) atoms. The molecule has 0 aliphatic carbocycles. The lowest BCUT2D eigenvalue weighted by Gasteiger charge is -2.30. The van der Waals surface area contributed by atoms with Gasteiger partial charge in [0, 0.05) is 23.9 Å². The molecule has 1 fully saturated rings. The van der Waals surface area contributed by atoms with E-state index in [-0.39, 0.29) is 17.2 Å². The quantitative estimate of drug-likeness (QED) is 0.794. The number of hydrogen-bond donors (Lipinski definition) is 2. The maximum Gasteiger partial charge on any atom is 0.223 e. The molecule has 4 heteroatoms. The average molecular weight is 347 g/mol. The summed E-state index contributed by atoms with van der Waals surface area (Å²) in [6.45, 7) is 13.1. The van der Waals surface area contributed by atoms with E-state index < -0.39 is 0 Å². The fourth-order valence-electron chi connectivity index (χ4n) is 3.19. The van der Waals surface area contributed by atoms with E-state index >= 15 is 0 Å². The summed E-state index contributed by atoms with van der Waals surface area (Å²) in [4.78, 5) is 12.5. The maximum absolute atomic E-state index is 12.5. The molecule has 0 saturated carbocycles. The first kappa shape index (κ1) is 19.8. The van der Waals surface area contributed by atoms with Gasteiger partial charge in [0.1, 0.15) is 5.75 Å². The van der Waals surface area contributed by atoms with Crippen molar-refractivity contribution in [2.24, 2.45) is 11.8 Å². The molecule has 1 heterocycles. The highest BCUT2D eigenvalue weighted by atomic mass is 16.5. The smallest absolute Gasteiger partial charge is 0.223 e. The summed E-state index contributed by atoms with van der Waals surface area (Å²) in [5, 5.41) is 6.56. The first-order chi connectivity index (χ1) is 11.8. The lowest BCUT2D eigenvalue weighted by atomic mass is 9.84. The van der Waals surface area contributed by atoms with Gasteiger partial charge in [0.05, 0.1) is 6.61 Å². The van der Waals surface area contributed by atoms with Crippen molar-refractivity contribution in [2.75, 3.05) is 19.7 Å². The van der Waals surface area contributed by atoms with Gasteiger partial charge < -0.3 is 15.4 Å². The Morgan fingerprint density at radius 1 is 1.32 bits per heavy atom. The third kappa shape index (κ3) is 6.03. The zero-order valence-corrected chi connectivity index (χ0v) is 16.4. The number of carbonyl (C=O) groups is 1. The van der Waals surface area contributed by atoms with Gasteiger partial charge >= 0.3 is 0 Å². The van der Waals surface area contributed by atoms with Crippen LogP contribution < -0.4 is 15.4 Å². The summed E-state index contributed by atoms with van der Waals surface area (Å²) in [6.07, 6.45) is 1.85. The third-order valence-electron chi connectivity index (χ3n) is 4.92. The number of benzene rings is 1. The van der Waals surface area contributed by atoms with Crippen molar-refractivity contribution in [1.82, 2.24) is 10.6 Å². The van der Waals surface area contributed by atoms with Crippen LogP contribution in [0, 0.1) is 11.8 Å². The largest absolute Gasteiger partial charge is 0.493 e. The van der Waals surface area contributed by atoms with Crippen molar-refractivity contribution in [3.8, 4) is 5.75 Å². The van der Waals surface area contributed by atoms with Gasteiger partial charge in [-0.05, 0) is 49.9 Å². The van der Waals surface area contributed by atoms with Crippen LogP contribution in [0.15, 0.2) is 24.3 Å². The van der Waals surface area contributed by atoms with E-state index in [1.54, 1.807) is 0 Å². The molecule has 0 unspecified atom stereocenters. The van der Waals surface area contributed by atoms with Crippen LogP contribution in [0.1, 0.15) is 53.0 Å². The first-order valence-electron chi connectivity index (χ1n) is 9.52. The number of carbonyl (C=O) groups excluding carboxylic acids is 1. The van der Waals surface area contributed by atoms with E-state index in [0.29, 0.717) is 18.5 Å². The van der Waals surface area contributed by atoms with E-state index in [1.807, 2.05) is 12.1 Å². The predicted molar refractivity (Wildman–Crippen MR) is 103 cm³/mol. The molecule has 1 aromatic carbocycles. The van der Waals surface area contributed by atoms with Crippen molar-refractivity contribution in [3.63, 3.8) is 0 Å². The van der Waals surface area contributed by atoms with Gasteiger partial charge in [0.25, 0.3) is 0 Å². The molecule has 0 bridgehead atoms. The number of ether oxygens (including phenoxy) is 1. The second-order valence-electron chi connectivity index (χ2n) is 8.41. The summed E-state index contributed by atoms with van der Waals surface area (Å²) >= 11 is 0. The fraction of sp³-hybridized carbons (Fsp3) is 0.667. The van der Waals surface area contributed by atoms with Crippen LogP contribution in [0.5, 0.6) is 5.75 Å². The van der Waals surface area contributed by atoms with Gasteiger partial charge in [0.2, 0.25) is 5.91 Å². The topological polar surface area (TPSA) is 50.4 Å². The molecule has 0 spiro atoms. The van der Waals surface area contributed by atoms with E-state index in [4.69, 9.17) is 4.74 Å². The Bertz CT molecular complexity index is 552. The molecule has 140 valence electrons. The first-order valence-corrected chi connectivity index (χ1v) is 9.52. The maximum atomic E-state index is 12.5. The summed E-state index contributed by atoms with van der Waals surface area (Å²) in [5.41, 5.74) is 1.11. The predicted octanol–water partition coefficient (Wildman–Crippen LogP) is 3.50. The molecule has 2 N–H and O–H groups in total. The highest BCUT2D eigenvalue weighted by molar-refractivity contribution is 5.78. The van der Waals surface area contributed by atoms with Gasteiger partial charge in [-0.15, -0.1) is 0 Å². The molecule has 2 rings (SSSR count). The Morgan fingerprint density at radius 3 is 2.60 bits per heavy atom. The Labute approximate surface area is 152 Å². The molecule has 1 amide bonds. The third-order valence-corrected chi connectivity index (χ3v) is 4.92. The Morgan fingerprint density at radius 2 is 2.00 bits per heavy atom. The van der Waals surface area contributed by atoms with Crippen LogP contribution >= 0.6 is 0 Å². The zero-order chi connectivity index (χ0) is 18.4. The SMILES string of the molecule is CC(C)COc1ccc(C(C)(C)CNC(=O)[C@H]2CCN[C@@H](C)C2)cc1. The van der Waals surface area contributed by atoms with Gasteiger partial charge in [-0.1, -0.05) is 39.8 Å². The standard InChI is InChI=1S/C21H34N2O2/c1-15(2)13-25-19-8-6-18(7-9-19)21(4,5)14-23-20(24)17-10-11-22-16(3)12-17/h6-9,15-17,22H,10-14H2,1-5H3,(H,23,24)/t16-,17-/m0/s1. The van der Waals surface area contributed by atoms with Crippen molar-refractivity contribution in [3.05, 3.63) is 29.8 Å². The molecule has 1 saturated heterocycles. The average Bonchev–Trinajstić information content (AvgIpc) is 2.58. The van der Waals surface area contributed by atoms with Crippen molar-refractivity contribution < 1.29 is 9.53 Å². The van der Waals surface area contributed by atoms with E-state index in [9.17, 15) is 4.79 Å². The second kappa shape index (κ2) is 8.70. The monoisotopic (exact) mass is 346 g/mol. The minimum atomic E-state index is -0.106. The highest BCUT2D eigenvalue weighted by Gasteiger charge is 2.27. The van der Waals surface area contributed by atoms with Crippen molar-refractivity contribution in [1.29, 1.82) is 0 Å². The van der Waals surface area contributed by atoms with Crippen LogP contribution in [-0.4, -0.2) is 31.6 Å². The highest BCUT2D eigenvalue weighted by Crippen LogP contribution is 2.25. The van der Waals surface area contributed by atoms with Crippen LogP contribution in [-0.2, 0) is 10.2 Å². The zero-order valence-electron chi connectivity index (χ0n) is 16.4. The minimum absolute atomic E-state index is 0.106. The van der Waals surface area contributed by atoms with E-state index in [1.165, 1.54) is 5.56 Å². The molecular weight excluding hydrogens is 312 g/mol. The van der Waals surface area contributed by atoms with E-state index in [0.717, 1.165) is 31.7 Å². The van der Waals surface area contributed by atoms with Crippen molar-refractivity contribution in [2.45, 2.75) is 58.9 Å². The van der Waals surface area contributed by atoms with Gasteiger partial charge in [-0.3, -0.25) is 4.79 Å². The number of hydrogen-bond acceptors (Lipinski definition) is 3. The Hall–Kier alpha value is -1.55. The Balaban J connectivity index is 1.88. The number of piperidine rings is 1. The lowest BCUT2D eigenvalue weighted by molar-refractivity contribution is -0.126. The van der Waals surface area contributed by atoms with Gasteiger partial charge in [-0.2, -0.15) is 0 Å². The fourth-order valence-corrected chi connectivity index (χ4v) is 3.19. The van der Waals surface area contributed by atoms with E-state index in [2.05, 4.69) is 57.4 Å². The molecule has 1 aromatic rings. The van der Waals surface area contributed by atoms with Crippen LogP contribution in [0.2, 0.25) is 0 Å². The van der Waals surface area contributed by atoms with Crippen LogP contribution in [0.25, 0.3) is 0 Å². The number of amides is 1. The van der Waals surface area contributed by atoms with Crippen molar-refractivity contribution >= 4 is 5.91 Å². The molecular formula is C21H34N2O2. The summed E-state index contributed by atoms with van der Waals surface area (Å²) in [5.74, 6) is 1.75. The Kier molecular flexibility index (Phi) is 6.88. The summed E-state index contributed by atoms with van der Waals surface area (Å²) in [7, 11) is 0. The minimum Gasteiger partial charge on any atom is -0.493 e. The summed E-state index contributed by atoms with van der Waals surface area (Å²) < 4.78 is 5.75. The molecule has 4 nitrogen and oxygen atoms in total. The molecule has 1 aliphatic rings. The summed E-state index contributed by atoms with van der Waals surface area (Å²) in [6, 6.07) is 8.69. The van der Waals surface area contributed by atoms with Gasteiger partial charge in [0.15, 0.2) is 0 Å². The normalized spacial score (nSPS) is 21.2. The number of rotatable bonds is 7. The van der Waals surface area contributed by atoms with Gasteiger partial charge in [-0.25, -0.2) is 0 Å². The van der Waals surface area contributed by atoms with Crippen LogP contribution in [0.4, 0.5) is 0 Å².